The molecule has 1 aliphatic heterocycles. The lowest BCUT2D eigenvalue weighted by Gasteiger charge is -2.24. The van der Waals surface area contributed by atoms with E-state index < -0.39 is 0 Å². The van der Waals surface area contributed by atoms with Gasteiger partial charge in [-0.15, -0.1) is 0 Å². The summed E-state index contributed by atoms with van der Waals surface area (Å²) in [7, 11) is 1.65. The van der Waals surface area contributed by atoms with Crippen molar-refractivity contribution in [3.8, 4) is 16.6 Å². The molecular weight excluding hydrogens is 424 g/mol. The third kappa shape index (κ3) is 3.60. The Labute approximate surface area is 190 Å². The maximum atomic E-state index is 12.7. The summed E-state index contributed by atoms with van der Waals surface area (Å²) in [6.45, 7) is 5.98. The fourth-order valence-corrected chi connectivity index (χ4v) is 5.08. The van der Waals surface area contributed by atoms with Crippen molar-refractivity contribution in [2.45, 2.75) is 39.2 Å². The molecule has 0 spiro atoms. The largest absolute Gasteiger partial charge is 0.497 e. The molecule has 5 rings (SSSR count). The Morgan fingerprint density at radius 3 is 2.62 bits per heavy atom. The number of rotatable bonds is 5. The first kappa shape index (κ1) is 20.5. The molecule has 0 saturated heterocycles. The Morgan fingerprint density at radius 2 is 1.91 bits per heavy atom. The number of hydrogen-bond acceptors (Lipinski definition) is 6. The van der Waals surface area contributed by atoms with Gasteiger partial charge in [0, 0.05) is 17.9 Å². The van der Waals surface area contributed by atoms with Crippen LogP contribution in [0.5, 0.6) is 11.5 Å². The zero-order valence-corrected chi connectivity index (χ0v) is 19.2. The number of carbonyl (C=O) groups is 1. The van der Waals surface area contributed by atoms with Gasteiger partial charge in [0.2, 0.25) is 11.0 Å². The molecule has 0 radical (unpaired) electrons. The summed E-state index contributed by atoms with van der Waals surface area (Å²) in [4.78, 5) is 17.4. The molecule has 1 aliphatic rings. The first-order valence-electron chi connectivity index (χ1n) is 10.5. The number of benzene rings is 2. The lowest BCUT2D eigenvalue weighted by Crippen LogP contribution is -2.24. The van der Waals surface area contributed by atoms with Gasteiger partial charge >= 0.3 is 0 Å². The molecule has 1 amide bonds. The van der Waals surface area contributed by atoms with Crippen molar-refractivity contribution in [1.29, 1.82) is 0 Å². The van der Waals surface area contributed by atoms with Crippen molar-refractivity contribution >= 4 is 33.3 Å². The molecule has 0 saturated carbocycles. The molecule has 8 heteroatoms. The van der Waals surface area contributed by atoms with Gasteiger partial charge in [0.05, 0.1) is 29.1 Å². The second-order valence-corrected chi connectivity index (χ2v) is 9.14. The second-order valence-electron chi connectivity index (χ2n) is 8.13. The number of thiazole rings is 1. The SMILES string of the molecule is COc1ccc2nc(-n3nc(C)c4c3NC(=O)C[C@@H]4c3ccc(OC(C)C)cc3)sc2c1. The molecule has 2 aromatic heterocycles. The molecule has 0 fully saturated rings. The van der Waals surface area contributed by atoms with E-state index >= 15 is 0 Å². The molecule has 3 heterocycles. The Hall–Kier alpha value is -3.39. The highest BCUT2D eigenvalue weighted by molar-refractivity contribution is 7.20. The molecule has 0 aliphatic carbocycles. The number of nitrogens with one attached hydrogen (secondary N) is 1. The van der Waals surface area contributed by atoms with Gasteiger partial charge in [-0.05, 0) is 56.7 Å². The zero-order chi connectivity index (χ0) is 22.4. The second kappa shape index (κ2) is 7.94. The summed E-state index contributed by atoms with van der Waals surface area (Å²) < 4.78 is 13.8. The highest BCUT2D eigenvalue weighted by atomic mass is 32.1. The summed E-state index contributed by atoms with van der Waals surface area (Å²) in [5.74, 6) is 2.19. The van der Waals surface area contributed by atoms with Gasteiger partial charge in [0.1, 0.15) is 17.3 Å². The van der Waals surface area contributed by atoms with Crippen LogP contribution >= 0.6 is 11.3 Å². The third-order valence-electron chi connectivity index (χ3n) is 5.52. The predicted octanol–water partition coefficient (Wildman–Crippen LogP) is 5.06. The van der Waals surface area contributed by atoms with Gasteiger partial charge in [-0.3, -0.25) is 4.79 Å². The van der Waals surface area contributed by atoms with Gasteiger partial charge in [-0.1, -0.05) is 23.5 Å². The van der Waals surface area contributed by atoms with Gasteiger partial charge in [-0.25, -0.2) is 4.98 Å². The van der Waals surface area contributed by atoms with Crippen LogP contribution in [-0.2, 0) is 4.79 Å². The fraction of sp³-hybridized carbons (Fsp3) is 0.292. The van der Waals surface area contributed by atoms with Crippen molar-refractivity contribution in [1.82, 2.24) is 14.8 Å². The molecule has 7 nitrogen and oxygen atoms in total. The van der Waals surface area contributed by atoms with E-state index in [1.165, 1.54) is 11.3 Å². The van der Waals surface area contributed by atoms with Crippen LogP contribution in [0.3, 0.4) is 0 Å². The lowest BCUT2D eigenvalue weighted by molar-refractivity contribution is -0.116. The van der Waals surface area contributed by atoms with Gasteiger partial charge in [0.25, 0.3) is 0 Å². The first-order valence-corrected chi connectivity index (χ1v) is 11.4. The van der Waals surface area contributed by atoms with Crippen LogP contribution in [0.4, 0.5) is 5.82 Å². The van der Waals surface area contributed by atoms with Crippen molar-refractivity contribution < 1.29 is 14.3 Å². The number of aromatic nitrogens is 3. The average molecular weight is 449 g/mol. The zero-order valence-electron chi connectivity index (χ0n) is 18.4. The molecule has 164 valence electrons. The normalized spacial score (nSPS) is 15.7. The number of amides is 1. The van der Waals surface area contributed by atoms with E-state index in [0.29, 0.717) is 17.4 Å². The van der Waals surface area contributed by atoms with Gasteiger partial charge < -0.3 is 14.8 Å². The fourth-order valence-electron chi connectivity index (χ4n) is 4.13. The minimum Gasteiger partial charge on any atom is -0.497 e. The van der Waals surface area contributed by atoms with E-state index in [1.54, 1.807) is 11.8 Å². The van der Waals surface area contributed by atoms with Crippen LogP contribution in [0.25, 0.3) is 15.3 Å². The van der Waals surface area contributed by atoms with E-state index in [4.69, 9.17) is 19.6 Å². The maximum absolute atomic E-state index is 12.7. The van der Waals surface area contributed by atoms with Crippen molar-refractivity contribution in [3.63, 3.8) is 0 Å². The molecular formula is C24H24N4O3S. The Morgan fingerprint density at radius 1 is 1.16 bits per heavy atom. The summed E-state index contributed by atoms with van der Waals surface area (Å²) in [6.07, 6.45) is 0.489. The number of aryl methyl sites for hydroxylation is 1. The Bertz CT molecular complexity index is 1310. The first-order chi connectivity index (χ1) is 15.4. The third-order valence-corrected chi connectivity index (χ3v) is 6.52. The van der Waals surface area contributed by atoms with Crippen LogP contribution in [0.2, 0.25) is 0 Å². The average Bonchev–Trinajstić information content (AvgIpc) is 3.33. The number of fused-ring (bicyclic) bond motifs is 2. The summed E-state index contributed by atoms with van der Waals surface area (Å²) in [6, 6.07) is 13.8. The van der Waals surface area contributed by atoms with E-state index in [1.807, 2.05) is 63.2 Å². The lowest BCUT2D eigenvalue weighted by atomic mass is 9.86. The highest BCUT2D eigenvalue weighted by Gasteiger charge is 2.33. The molecule has 32 heavy (non-hydrogen) atoms. The Kier molecular flexibility index (Phi) is 5.09. The van der Waals surface area contributed by atoms with Crippen molar-refractivity contribution in [3.05, 3.63) is 59.3 Å². The van der Waals surface area contributed by atoms with E-state index in [0.717, 1.165) is 38.5 Å². The monoisotopic (exact) mass is 448 g/mol. The molecule has 0 bridgehead atoms. The minimum atomic E-state index is -0.0740. The molecule has 4 aromatic rings. The molecule has 2 aromatic carbocycles. The van der Waals surface area contributed by atoms with Crippen LogP contribution in [0.1, 0.15) is 43.0 Å². The number of ether oxygens (including phenoxy) is 2. The van der Waals surface area contributed by atoms with E-state index in [-0.39, 0.29) is 17.9 Å². The maximum Gasteiger partial charge on any atom is 0.226 e. The number of methoxy groups -OCH3 is 1. The predicted molar refractivity (Wildman–Crippen MR) is 125 cm³/mol. The van der Waals surface area contributed by atoms with Crippen LogP contribution < -0.4 is 14.8 Å². The number of carbonyl (C=O) groups excluding carboxylic acids is 1. The van der Waals surface area contributed by atoms with E-state index in [2.05, 4.69) is 5.32 Å². The van der Waals surface area contributed by atoms with Gasteiger partial charge in [-0.2, -0.15) is 9.78 Å². The smallest absolute Gasteiger partial charge is 0.226 e. The van der Waals surface area contributed by atoms with Crippen LogP contribution in [0.15, 0.2) is 42.5 Å². The van der Waals surface area contributed by atoms with Crippen molar-refractivity contribution in [2.75, 3.05) is 12.4 Å². The number of hydrogen-bond donors (Lipinski definition) is 1. The van der Waals surface area contributed by atoms with Crippen LogP contribution in [-0.4, -0.2) is 33.9 Å². The highest BCUT2D eigenvalue weighted by Crippen LogP contribution is 2.41. The number of nitrogens with zero attached hydrogens (tertiary/aromatic N) is 3. The molecule has 0 unspecified atom stereocenters. The Balaban J connectivity index is 1.56. The summed E-state index contributed by atoms with van der Waals surface area (Å²) in [5, 5.41) is 8.50. The van der Waals surface area contributed by atoms with Crippen molar-refractivity contribution in [2.24, 2.45) is 0 Å². The number of anilines is 1. The quantitative estimate of drug-likeness (QED) is 0.462. The summed E-state index contributed by atoms with van der Waals surface area (Å²) in [5.41, 5.74) is 3.84. The molecule has 1 N–H and O–H groups in total. The molecule has 1 atom stereocenters. The van der Waals surface area contributed by atoms with Gasteiger partial charge in [0.15, 0.2) is 0 Å². The summed E-state index contributed by atoms with van der Waals surface area (Å²) >= 11 is 1.51. The topological polar surface area (TPSA) is 78.3 Å². The van der Waals surface area contributed by atoms with Crippen LogP contribution in [0, 0.1) is 6.92 Å². The minimum absolute atomic E-state index is 0.0334. The standard InChI is InChI=1S/C24H24N4O3S/c1-13(2)31-16-7-5-15(6-8-16)18-12-21(29)26-23-22(18)14(3)27-28(23)24-25-19-10-9-17(30-4)11-20(19)32-24/h5-11,13,18H,12H2,1-4H3,(H,26,29)/t18-/m1/s1. The van der Waals surface area contributed by atoms with E-state index in [9.17, 15) is 4.79 Å².